The summed E-state index contributed by atoms with van der Waals surface area (Å²) < 4.78 is 0. The van der Waals surface area contributed by atoms with Gasteiger partial charge in [0, 0.05) is 17.9 Å². The van der Waals surface area contributed by atoms with Gasteiger partial charge in [-0.15, -0.1) is 0 Å². The zero-order valence-corrected chi connectivity index (χ0v) is 7.75. The Bertz CT molecular complexity index is 245. The van der Waals surface area contributed by atoms with Gasteiger partial charge in [0.2, 0.25) is 0 Å². The number of aromatic nitrogens is 1. The van der Waals surface area contributed by atoms with Gasteiger partial charge in [0.05, 0.1) is 0 Å². The highest BCUT2D eigenvalue weighted by Crippen LogP contribution is 2.17. The Balaban J connectivity index is 2.79. The zero-order chi connectivity index (χ0) is 8.97. The first-order valence-electron chi connectivity index (χ1n) is 4.42. The average Bonchev–Trinajstić information content (AvgIpc) is 2.05. The number of pyridine rings is 1. The van der Waals surface area contributed by atoms with Crippen LogP contribution in [0.4, 0.5) is 0 Å². The second kappa shape index (κ2) is 4.21. The molecule has 1 unspecified atom stereocenters. The molecule has 1 aromatic rings. The van der Waals surface area contributed by atoms with Crippen LogP contribution in [-0.2, 0) is 0 Å². The van der Waals surface area contributed by atoms with Gasteiger partial charge in [0.15, 0.2) is 0 Å². The van der Waals surface area contributed by atoms with Crippen LogP contribution >= 0.6 is 0 Å². The van der Waals surface area contributed by atoms with Crippen molar-refractivity contribution in [3.63, 3.8) is 0 Å². The van der Waals surface area contributed by atoms with E-state index in [9.17, 15) is 0 Å². The van der Waals surface area contributed by atoms with Gasteiger partial charge in [0.25, 0.3) is 0 Å². The average molecular weight is 164 g/mol. The van der Waals surface area contributed by atoms with Crippen LogP contribution in [0.15, 0.2) is 18.3 Å². The number of nitrogens with zero attached hydrogens (tertiary/aromatic N) is 1. The standard InChI is InChI=1S/C10H16N2/c1-3-5-10(11)9-6-4-7-12-8(9)2/h4,6-7,10H,3,5,11H2,1-2H3. The molecule has 0 aliphatic heterocycles. The fraction of sp³-hybridized carbons (Fsp3) is 0.500. The molecule has 0 fully saturated rings. The molecular formula is C10H16N2. The summed E-state index contributed by atoms with van der Waals surface area (Å²) in [5.74, 6) is 0. The van der Waals surface area contributed by atoms with E-state index in [0.717, 1.165) is 18.5 Å². The highest BCUT2D eigenvalue weighted by atomic mass is 14.7. The summed E-state index contributed by atoms with van der Waals surface area (Å²) in [6.07, 6.45) is 3.96. The molecule has 1 rings (SSSR count). The second-order valence-corrected chi connectivity index (χ2v) is 3.07. The van der Waals surface area contributed by atoms with E-state index in [1.807, 2.05) is 13.0 Å². The Labute approximate surface area is 73.8 Å². The maximum Gasteiger partial charge on any atom is 0.0420 e. The van der Waals surface area contributed by atoms with Gasteiger partial charge < -0.3 is 5.73 Å². The van der Waals surface area contributed by atoms with E-state index in [-0.39, 0.29) is 6.04 Å². The van der Waals surface area contributed by atoms with Gasteiger partial charge in [0.1, 0.15) is 0 Å². The van der Waals surface area contributed by atoms with Crippen molar-refractivity contribution in [2.75, 3.05) is 0 Å². The van der Waals surface area contributed by atoms with E-state index in [0.29, 0.717) is 0 Å². The van der Waals surface area contributed by atoms with Gasteiger partial charge in [-0.1, -0.05) is 19.4 Å². The van der Waals surface area contributed by atoms with Gasteiger partial charge >= 0.3 is 0 Å². The highest BCUT2D eigenvalue weighted by molar-refractivity contribution is 5.21. The molecule has 0 radical (unpaired) electrons. The topological polar surface area (TPSA) is 38.9 Å². The smallest absolute Gasteiger partial charge is 0.0420 e. The second-order valence-electron chi connectivity index (χ2n) is 3.07. The lowest BCUT2D eigenvalue weighted by Gasteiger charge is -2.12. The van der Waals surface area contributed by atoms with Gasteiger partial charge in [-0.2, -0.15) is 0 Å². The number of aryl methyl sites for hydroxylation is 1. The zero-order valence-electron chi connectivity index (χ0n) is 7.75. The molecule has 0 aromatic carbocycles. The SMILES string of the molecule is CCCC(N)c1cccnc1C. The third-order valence-electron chi connectivity index (χ3n) is 2.05. The summed E-state index contributed by atoms with van der Waals surface area (Å²) in [6, 6.07) is 4.16. The minimum absolute atomic E-state index is 0.156. The van der Waals surface area contributed by atoms with Crippen molar-refractivity contribution >= 4 is 0 Å². The minimum atomic E-state index is 0.156. The molecule has 12 heavy (non-hydrogen) atoms. The summed E-state index contributed by atoms with van der Waals surface area (Å²) in [6.45, 7) is 4.15. The van der Waals surface area contributed by atoms with Crippen molar-refractivity contribution in [3.8, 4) is 0 Å². The fourth-order valence-corrected chi connectivity index (χ4v) is 1.36. The summed E-state index contributed by atoms with van der Waals surface area (Å²) in [5, 5.41) is 0. The molecule has 1 atom stereocenters. The largest absolute Gasteiger partial charge is 0.324 e. The highest BCUT2D eigenvalue weighted by Gasteiger charge is 2.06. The lowest BCUT2D eigenvalue weighted by atomic mass is 10.0. The number of rotatable bonds is 3. The Morgan fingerprint density at radius 1 is 1.58 bits per heavy atom. The maximum atomic E-state index is 5.97. The molecule has 2 heteroatoms. The summed E-state index contributed by atoms with van der Waals surface area (Å²) in [7, 11) is 0. The van der Waals surface area contributed by atoms with Crippen molar-refractivity contribution in [2.24, 2.45) is 5.73 Å². The van der Waals surface area contributed by atoms with E-state index in [1.54, 1.807) is 6.20 Å². The molecule has 0 saturated heterocycles. The summed E-state index contributed by atoms with van der Waals surface area (Å²) in [5.41, 5.74) is 8.20. The maximum absolute atomic E-state index is 5.97. The van der Waals surface area contributed by atoms with Gasteiger partial charge in [-0.05, 0) is 25.0 Å². The lowest BCUT2D eigenvalue weighted by Crippen LogP contribution is -2.11. The molecule has 0 bridgehead atoms. The van der Waals surface area contributed by atoms with E-state index in [2.05, 4.69) is 18.0 Å². The van der Waals surface area contributed by atoms with Crippen LogP contribution in [0.5, 0.6) is 0 Å². The molecular weight excluding hydrogens is 148 g/mol. The summed E-state index contributed by atoms with van der Waals surface area (Å²) in [4.78, 5) is 4.20. The molecule has 1 heterocycles. The minimum Gasteiger partial charge on any atom is -0.324 e. The number of nitrogens with two attached hydrogens (primary N) is 1. The van der Waals surface area contributed by atoms with Crippen LogP contribution in [-0.4, -0.2) is 4.98 Å². The molecule has 0 amide bonds. The monoisotopic (exact) mass is 164 g/mol. The normalized spacial score (nSPS) is 12.9. The van der Waals surface area contributed by atoms with E-state index < -0.39 is 0 Å². The third-order valence-corrected chi connectivity index (χ3v) is 2.05. The number of hydrogen-bond donors (Lipinski definition) is 1. The first-order valence-corrected chi connectivity index (χ1v) is 4.42. The summed E-state index contributed by atoms with van der Waals surface area (Å²) >= 11 is 0. The molecule has 2 N–H and O–H groups in total. The van der Waals surface area contributed by atoms with Gasteiger partial charge in [-0.25, -0.2) is 0 Å². The fourth-order valence-electron chi connectivity index (χ4n) is 1.36. The molecule has 0 spiro atoms. The molecule has 66 valence electrons. The molecule has 0 aliphatic rings. The number of hydrogen-bond acceptors (Lipinski definition) is 2. The van der Waals surface area contributed by atoms with Crippen LogP contribution < -0.4 is 5.73 Å². The van der Waals surface area contributed by atoms with Crippen LogP contribution in [0, 0.1) is 6.92 Å². The first kappa shape index (κ1) is 9.20. The molecule has 2 nitrogen and oxygen atoms in total. The Hall–Kier alpha value is -0.890. The van der Waals surface area contributed by atoms with Crippen LogP contribution in [0.25, 0.3) is 0 Å². The van der Waals surface area contributed by atoms with Crippen molar-refractivity contribution < 1.29 is 0 Å². The first-order chi connectivity index (χ1) is 5.75. The Kier molecular flexibility index (Phi) is 3.23. The van der Waals surface area contributed by atoms with E-state index in [1.165, 1.54) is 5.56 Å². The predicted molar refractivity (Wildman–Crippen MR) is 50.8 cm³/mol. The lowest BCUT2D eigenvalue weighted by molar-refractivity contribution is 0.632. The van der Waals surface area contributed by atoms with E-state index >= 15 is 0 Å². The van der Waals surface area contributed by atoms with Crippen molar-refractivity contribution in [2.45, 2.75) is 32.7 Å². The Morgan fingerprint density at radius 2 is 2.33 bits per heavy atom. The third kappa shape index (κ3) is 2.05. The Morgan fingerprint density at radius 3 is 2.92 bits per heavy atom. The van der Waals surface area contributed by atoms with Crippen LogP contribution in [0.1, 0.15) is 37.1 Å². The van der Waals surface area contributed by atoms with Crippen molar-refractivity contribution in [1.82, 2.24) is 4.98 Å². The van der Waals surface area contributed by atoms with Crippen molar-refractivity contribution in [3.05, 3.63) is 29.6 Å². The van der Waals surface area contributed by atoms with Crippen LogP contribution in [0.2, 0.25) is 0 Å². The quantitative estimate of drug-likeness (QED) is 0.743. The molecule has 0 saturated carbocycles. The van der Waals surface area contributed by atoms with E-state index in [4.69, 9.17) is 5.73 Å². The van der Waals surface area contributed by atoms with Gasteiger partial charge in [-0.3, -0.25) is 4.98 Å². The molecule has 1 aromatic heterocycles. The molecule has 0 aliphatic carbocycles. The predicted octanol–water partition coefficient (Wildman–Crippen LogP) is 2.19. The van der Waals surface area contributed by atoms with Crippen LogP contribution in [0.3, 0.4) is 0 Å². The van der Waals surface area contributed by atoms with Crippen molar-refractivity contribution in [1.29, 1.82) is 0 Å².